The zero-order chi connectivity index (χ0) is 23.8. The van der Waals surface area contributed by atoms with Crippen LogP contribution in [0.3, 0.4) is 0 Å². The van der Waals surface area contributed by atoms with Crippen molar-refractivity contribution in [2.75, 3.05) is 13.2 Å². The van der Waals surface area contributed by atoms with E-state index in [1.54, 1.807) is 0 Å². The van der Waals surface area contributed by atoms with Gasteiger partial charge in [-0.15, -0.1) is 0 Å². The SMILES string of the molecule is NC(CC(=O)O)C(=O)NC(Cc1cnc[nH]1)C(=O)N1CCCC1C(=O)NC(CO)C(=O)O. The Balaban J connectivity index is 2.17. The molecule has 1 aromatic heterocycles. The summed E-state index contributed by atoms with van der Waals surface area (Å²) >= 11 is 0. The molecule has 1 saturated heterocycles. The first-order chi connectivity index (χ1) is 15.1. The van der Waals surface area contributed by atoms with Crippen molar-refractivity contribution in [1.29, 1.82) is 0 Å². The van der Waals surface area contributed by atoms with Crippen molar-refractivity contribution in [3.63, 3.8) is 0 Å². The number of aromatic amines is 1. The Morgan fingerprint density at radius 2 is 1.94 bits per heavy atom. The monoisotopic (exact) mass is 454 g/mol. The van der Waals surface area contributed by atoms with Gasteiger partial charge in [-0.25, -0.2) is 9.78 Å². The lowest BCUT2D eigenvalue weighted by atomic mass is 10.1. The summed E-state index contributed by atoms with van der Waals surface area (Å²) in [5.41, 5.74) is 6.09. The molecule has 4 unspecified atom stereocenters. The smallest absolute Gasteiger partial charge is 0.328 e. The fourth-order valence-electron chi connectivity index (χ4n) is 3.33. The Kier molecular flexibility index (Phi) is 8.66. The van der Waals surface area contributed by atoms with Crippen molar-refractivity contribution in [3.05, 3.63) is 18.2 Å². The second-order valence-corrected chi connectivity index (χ2v) is 7.32. The van der Waals surface area contributed by atoms with E-state index in [0.717, 1.165) is 0 Å². The van der Waals surface area contributed by atoms with Gasteiger partial charge in [0, 0.05) is 24.9 Å². The lowest BCUT2D eigenvalue weighted by Gasteiger charge is -2.29. The van der Waals surface area contributed by atoms with Gasteiger partial charge in [0.1, 0.15) is 18.1 Å². The lowest BCUT2D eigenvalue weighted by Crippen LogP contribution is -2.57. The lowest BCUT2D eigenvalue weighted by molar-refractivity contribution is -0.145. The minimum Gasteiger partial charge on any atom is -0.481 e. The number of aliphatic hydroxyl groups is 1. The van der Waals surface area contributed by atoms with Gasteiger partial charge in [0.25, 0.3) is 0 Å². The number of aromatic nitrogens is 2. The molecule has 1 aromatic rings. The van der Waals surface area contributed by atoms with Crippen LogP contribution in [0.25, 0.3) is 0 Å². The van der Waals surface area contributed by atoms with Crippen molar-refractivity contribution in [2.24, 2.45) is 5.73 Å². The predicted octanol–water partition coefficient (Wildman–Crippen LogP) is -3.21. The van der Waals surface area contributed by atoms with Crippen LogP contribution in [-0.4, -0.2) is 97.2 Å². The molecule has 0 bridgehead atoms. The first kappa shape index (κ1) is 24.7. The molecule has 0 radical (unpaired) electrons. The number of carbonyl (C=O) groups is 5. The third kappa shape index (κ3) is 6.49. The minimum absolute atomic E-state index is 0.0242. The highest BCUT2D eigenvalue weighted by Gasteiger charge is 2.39. The Hall–Kier alpha value is -3.52. The number of nitrogens with two attached hydrogens (primary N) is 1. The van der Waals surface area contributed by atoms with Gasteiger partial charge >= 0.3 is 11.9 Å². The van der Waals surface area contributed by atoms with Crippen molar-refractivity contribution in [2.45, 2.75) is 49.9 Å². The summed E-state index contributed by atoms with van der Waals surface area (Å²) in [7, 11) is 0. The minimum atomic E-state index is -1.52. The van der Waals surface area contributed by atoms with E-state index in [-0.39, 0.29) is 19.4 Å². The zero-order valence-electron chi connectivity index (χ0n) is 17.1. The van der Waals surface area contributed by atoms with Crippen molar-refractivity contribution in [3.8, 4) is 0 Å². The average Bonchev–Trinajstić information content (AvgIpc) is 3.41. The van der Waals surface area contributed by atoms with Crippen molar-refractivity contribution >= 4 is 29.7 Å². The molecule has 2 rings (SSSR count). The van der Waals surface area contributed by atoms with E-state index >= 15 is 0 Å². The molecule has 1 aliphatic heterocycles. The van der Waals surface area contributed by atoms with Gasteiger partial charge in [0.15, 0.2) is 0 Å². The van der Waals surface area contributed by atoms with Gasteiger partial charge in [-0.2, -0.15) is 0 Å². The Labute approximate surface area is 182 Å². The van der Waals surface area contributed by atoms with E-state index < -0.39 is 66.9 Å². The summed E-state index contributed by atoms with van der Waals surface area (Å²) in [5, 5.41) is 31.6. The van der Waals surface area contributed by atoms with Crippen LogP contribution in [0, 0.1) is 0 Å². The normalized spacial score (nSPS) is 18.4. The zero-order valence-corrected chi connectivity index (χ0v) is 17.1. The van der Waals surface area contributed by atoms with Crippen LogP contribution in [0.15, 0.2) is 12.5 Å². The van der Waals surface area contributed by atoms with Crippen LogP contribution < -0.4 is 16.4 Å². The first-order valence-electron chi connectivity index (χ1n) is 9.83. The molecule has 4 atom stereocenters. The number of carboxylic acid groups (broad SMARTS) is 2. The maximum absolute atomic E-state index is 13.2. The second-order valence-electron chi connectivity index (χ2n) is 7.32. The number of nitrogens with one attached hydrogen (secondary N) is 3. The van der Waals surface area contributed by atoms with E-state index in [4.69, 9.17) is 21.1 Å². The highest BCUT2D eigenvalue weighted by Crippen LogP contribution is 2.20. The first-order valence-corrected chi connectivity index (χ1v) is 9.83. The standard InChI is InChI=1S/C18H26N6O8/c19-10(5-14(26)27)15(28)22-11(4-9-6-20-8-21-9)17(30)24-3-1-2-13(24)16(29)23-12(7-25)18(31)32/h6,8,10-13,25H,1-5,7,19H2,(H,20,21)(H,22,28)(H,23,29)(H,26,27)(H,31,32). The highest BCUT2D eigenvalue weighted by atomic mass is 16.4. The van der Waals surface area contributed by atoms with Crippen molar-refractivity contribution in [1.82, 2.24) is 25.5 Å². The van der Waals surface area contributed by atoms with E-state index in [2.05, 4.69) is 20.6 Å². The maximum Gasteiger partial charge on any atom is 0.328 e. The number of imidazole rings is 1. The number of hydrogen-bond acceptors (Lipinski definition) is 8. The third-order valence-corrected chi connectivity index (χ3v) is 4.96. The van der Waals surface area contributed by atoms with Crippen LogP contribution in [-0.2, 0) is 30.4 Å². The maximum atomic E-state index is 13.2. The Morgan fingerprint density at radius 3 is 2.50 bits per heavy atom. The molecule has 0 spiro atoms. The number of carboxylic acids is 2. The number of rotatable bonds is 11. The van der Waals surface area contributed by atoms with Crippen LogP contribution >= 0.6 is 0 Å². The molecule has 0 saturated carbocycles. The number of aliphatic carboxylic acids is 2. The van der Waals surface area contributed by atoms with E-state index in [9.17, 15) is 24.0 Å². The average molecular weight is 454 g/mol. The molecule has 2 heterocycles. The molecule has 0 aromatic carbocycles. The summed E-state index contributed by atoms with van der Waals surface area (Å²) in [6.45, 7) is -0.633. The summed E-state index contributed by atoms with van der Waals surface area (Å²) < 4.78 is 0. The van der Waals surface area contributed by atoms with Crippen LogP contribution in [0.5, 0.6) is 0 Å². The predicted molar refractivity (Wildman–Crippen MR) is 106 cm³/mol. The number of H-pyrrole nitrogens is 1. The summed E-state index contributed by atoms with van der Waals surface area (Å²) in [4.78, 5) is 67.9. The van der Waals surface area contributed by atoms with Gasteiger partial charge in [-0.3, -0.25) is 19.2 Å². The second kappa shape index (κ2) is 11.2. The number of amides is 3. The van der Waals surface area contributed by atoms with Crippen LogP contribution in [0.1, 0.15) is 25.0 Å². The number of carbonyl (C=O) groups excluding carboxylic acids is 3. The van der Waals surface area contributed by atoms with Crippen LogP contribution in [0.4, 0.5) is 0 Å². The molecule has 3 amide bonds. The summed E-state index contributed by atoms with van der Waals surface area (Å²) in [6.07, 6.45) is 2.88. The van der Waals surface area contributed by atoms with E-state index in [1.807, 2.05) is 0 Å². The number of hydrogen-bond donors (Lipinski definition) is 7. The molecular formula is C18H26N6O8. The largest absolute Gasteiger partial charge is 0.481 e. The fourth-order valence-corrected chi connectivity index (χ4v) is 3.33. The molecule has 8 N–H and O–H groups in total. The topological polar surface area (TPSA) is 228 Å². The molecular weight excluding hydrogens is 428 g/mol. The molecule has 176 valence electrons. The number of likely N-dealkylation sites (tertiary alicyclic amines) is 1. The number of nitrogens with zero attached hydrogens (tertiary/aromatic N) is 2. The van der Waals surface area contributed by atoms with Gasteiger partial charge in [0.05, 0.1) is 25.4 Å². The quantitative estimate of drug-likeness (QED) is 0.177. The van der Waals surface area contributed by atoms with Crippen LogP contribution in [0.2, 0.25) is 0 Å². The molecule has 1 fully saturated rings. The Morgan fingerprint density at radius 1 is 1.22 bits per heavy atom. The third-order valence-electron chi connectivity index (χ3n) is 4.96. The molecule has 14 heteroatoms. The molecule has 1 aliphatic rings. The van der Waals surface area contributed by atoms with Gasteiger partial charge in [0.2, 0.25) is 17.7 Å². The summed E-state index contributed by atoms with van der Waals surface area (Å²) in [6, 6.07) is -5.08. The molecule has 32 heavy (non-hydrogen) atoms. The summed E-state index contributed by atoms with van der Waals surface area (Å²) in [5.74, 6) is -4.92. The van der Waals surface area contributed by atoms with E-state index in [0.29, 0.717) is 12.1 Å². The highest BCUT2D eigenvalue weighted by molar-refractivity contribution is 5.95. The fraction of sp³-hybridized carbons (Fsp3) is 0.556. The molecule has 14 nitrogen and oxygen atoms in total. The molecule has 0 aliphatic carbocycles. The van der Waals surface area contributed by atoms with E-state index in [1.165, 1.54) is 17.4 Å². The Bertz CT molecular complexity index is 845. The van der Waals surface area contributed by atoms with Gasteiger partial charge in [-0.05, 0) is 12.8 Å². The van der Waals surface area contributed by atoms with Gasteiger partial charge in [-0.1, -0.05) is 0 Å². The van der Waals surface area contributed by atoms with Crippen molar-refractivity contribution < 1.29 is 39.3 Å². The number of aliphatic hydroxyl groups excluding tert-OH is 1. The van der Waals surface area contributed by atoms with Gasteiger partial charge < -0.3 is 41.6 Å².